The molecule has 0 bridgehead atoms. The Morgan fingerprint density at radius 2 is 1.93 bits per heavy atom. The molecule has 4 heteroatoms. The lowest BCUT2D eigenvalue weighted by Crippen LogP contribution is -2.26. The van der Waals surface area contributed by atoms with E-state index >= 15 is 0 Å². The van der Waals surface area contributed by atoms with Gasteiger partial charge in [-0.3, -0.25) is 4.79 Å². The second kappa shape index (κ2) is 7.63. The second-order valence-corrected chi connectivity index (χ2v) is 7.46. The number of carbonyl (C=O) groups excluding carboxylic acids is 2. The van der Waals surface area contributed by atoms with Gasteiger partial charge in [0.05, 0.1) is 6.61 Å². The minimum absolute atomic E-state index is 0.0997. The third kappa shape index (κ3) is 3.24. The number of ether oxygens (including phenoxy) is 1. The number of carbonyl (C=O) groups is 2. The Morgan fingerprint density at radius 1 is 1.14 bits per heavy atom. The summed E-state index contributed by atoms with van der Waals surface area (Å²) in [6, 6.07) is 17.2. The molecule has 0 amide bonds. The lowest BCUT2D eigenvalue weighted by Gasteiger charge is -2.27. The van der Waals surface area contributed by atoms with Crippen molar-refractivity contribution in [3.8, 4) is 0 Å². The number of anilines is 2. The number of Topliss-reactive ketones (excluding diaryl/α,β-unsaturated/α-hetero) is 1. The molecule has 4 nitrogen and oxygen atoms in total. The lowest BCUT2D eigenvalue weighted by atomic mass is 9.95. The van der Waals surface area contributed by atoms with Gasteiger partial charge in [0.1, 0.15) is 5.57 Å². The largest absolute Gasteiger partial charge is 0.462 e. The zero-order valence-corrected chi connectivity index (χ0v) is 16.4. The molecule has 4 rings (SSSR count). The number of rotatable bonds is 5. The van der Waals surface area contributed by atoms with Crippen LogP contribution in [0.5, 0.6) is 0 Å². The normalized spacial score (nSPS) is 20.6. The molecule has 144 valence electrons. The molecule has 2 unspecified atom stereocenters. The van der Waals surface area contributed by atoms with Crippen molar-refractivity contribution in [1.29, 1.82) is 0 Å². The van der Waals surface area contributed by atoms with E-state index in [4.69, 9.17) is 4.74 Å². The van der Waals surface area contributed by atoms with Gasteiger partial charge in [0.25, 0.3) is 0 Å². The molecule has 0 aromatic heterocycles. The highest BCUT2D eigenvalue weighted by Gasteiger charge is 2.42. The minimum Gasteiger partial charge on any atom is -0.462 e. The summed E-state index contributed by atoms with van der Waals surface area (Å²) in [5.41, 5.74) is 4.74. The number of benzene rings is 2. The number of fused-ring (bicyclic) bond motifs is 3. The van der Waals surface area contributed by atoms with Crippen LogP contribution >= 0.6 is 0 Å². The fourth-order valence-corrected chi connectivity index (χ4v) is 4.57. The molecule has 0 radical (unpaired) electrons. The molecule has 2 aromatic rings. The molecule has 2 atom stereocenters. The van der Waals surface area contributed by atoms with Crippen molar-refractivity contribution in [3.63, 3.8) is 0 Å². The van der Waals surface area contributed by atoms with Crippen LogP contribution in [-0.2, 0) is 14.3 Å². The number of hydrogen-bond acceptors (Lipinski definition) is 4. The van der Waals surface area contributed by atoms with E-state index in [0.29, 0.717) is 12.0 Å². The van der Waals surface area contributed by atoms with Crippen molar-refractivity contribution in [1.82, 2.24) is 0 Å². The first-order valence-corrected chi connectivity index (χ1v) is 9.98. The van der Waals surface area contributed by atoms with Crippen LogP contribution in [0.3, 0.4) is 0 Å². The molecule has 1 aliphatic heterocycles. The summed E-state index contributed by atoms with van der Waals surface area (Å²) in [6.45, 7) is 3.40. The predicted molar refractivity (Wildman–Crippen MR) is 111 cm³/mol. The standard InChI is InChI=1S/C24H25NO3/c1-3-28-24(27)20(16(2)26)14-17-12-13-23-21(15-17)19-10-7-11-22(19)25(23)18-8-5-4-6-9-18/h4-6,8-9,12-15,19,22H,3,7,10-11H2,1-2H3/b20-14+. The number of hydrogen-bond donors (Lipinski definition) is 0. The van der Waals surface area contributed by atoms with Gasteiger partial charge in [-0.1, -0.05) is 30.7 Å². The van der Waals surface area contributed by atoms with Crippen LogP contribution in [0.15, 0.2) is 54.1 Å². The molecule has 1 saturated carbocycles. The van der Waals surface area contributed by atoms with Crippen LogP contribution in [0.25, 0.3) is 6.08 Å². The van der Waals surface area contributed by atoms with E-state index in [1.54, 1.807) is 13.0 Å². The van der Waals surface area contributed by atoms with E-state index in [2.05, 4.69) is 41.3 Å². The summed E-state index contributed by atoms with van der Waals surface area (Å²) in [5.74, 6) is -0.337. The maximum Gasteiger partial charge on any atom is 0.341 e. The van der Waals surface area contributed by atoms with Crippen LogP contribution in [0, 0.1) is 0 Å². The Labute approximate surface area is 165 Å². The topological polar surface area (TPSA) is 46.6 Å². The zero-order valence-electron chi connectivity index (χ0n) is 16.4. The maximum atomic E-state index is 12.1. The van der Waals surface area contributed by atoms with Crippen molar-refractivity contribution in [2.75, 3.05) is 11.5 Å². The fraction of sp³-hybridized carbons (Fsp3) is 0.333. The first-order chi connectivity index (χ1) is 13.6. The summed E-state index contributed by atoms with van der Waals surface area (Å²) in [4.78, 5) is 26.5. The Morgan fingerprint density at radius 3 is 2.64 bits per heavy atom. The Balaban J connectivity index is 1.74. The Hall–Kier alpha value is -2.88. The molecule has 0 saturated heterocycles. The third-order valence-electron chi connectivity index (χ3n) is 5.74. The zero-order chi connectivity index (χ0) is 19.7. The van der Waals surface area contributed by atoms with Crippen LogP contribution in [-0.4, -0.2) is 24.4 Å². The lowest BCUT2D eigenvalue weighted by molar-refractivity contribution is -0.139. The van der Waals surface area contributed by atoms with Crippen LogP contribution in [0.2, 0.25) is 0 Å². The molecule has 1 aliphatic carbocycles. The molecule has 2 aliphatic rings. The number of nitrogens with zero attached hydrogens (tertiary/aromatic N) is 1. The molecule has 0 N–H and O–H groups in total. The average molecular weight is 375 g/mol. The summed E-state index contributed by atoms with van der Waals surface area (Å²) in [5, 5.41) is 0. The summed E-state index contributed by atoms with van der Waals surface area (Å²) in [7, 11) is 0. The summed E-state index contributed by atoms with van der Waals surface area (Å²) >= 11 is 0. The molecule has 1 fully saturated rings. The van der Waals surface area contributed by atoms with E-state index < -0.39 is 5.97 Å². The van der Waals surface area contributed by atoms with Gasteiger partial charge in [-0.2, -0.15) is 0 Å². The predicted octanol–water partition coefficient (Wildman–Crippen LogP) is 5.01. The first-order valence-electron chi connectivity index (χ1n) is 9.98. The summed E-state index contributed by atoms with van der Waals surface area (Å²) in [6.07, 6.45) is 5.24. The molecule has 1 heterocycles. The SMILES string of the molecule is CCOC(=O)/C(=C/c1ccc2c(c1)C1CCCC1N2c1ccccc1)C(C)=O. The molecule has 2 aromatic carbocycles. The van der Waals surface area contributed by atoms with Crippen molar-refractivity contribution in [3.05, 3.63) is 65.2 Å². The van der Waals surface area contributed by atoms with Crippen molar-refractivity contribution in [2.24, 2.45) is 0 Å². The van der Waals surface area contributed by atoms with Gasteiger partial charge in [-0.05, 0) is 68.2 Å². The molecular weight excluding hydrogens is 350 g/mol. The van der Waals surface area contributed by atoms with Gasteiger partial charge in [0.15, 0.2) is 5.78 Å². The van der Waals surface area contributed by atoms with E-state index in [-0.39, 0.29) is 18.0 Å². The van der Waals surface area contributed by atoms with Crippen LogP contribution in [0.4, 0.5) is 11.4 Å². The van der Waals surface area contributed by atoms with E-state index in [9.17, 15) is 9.59 Å². The third-order valence-corrected chi connectivity index (χ3v) is 5.74. The summed E-state index contributed by atoms with van der Waals surface area (Å²) < 4.78 is 5.04. The first kappa shape index (κ1) is 18.5. The highest BCUT2D eigenvalue weighted by atomic mass is 16.5. The Bertz CT molecular complexity index is 932. The maximum absolute atomic E-state index is 12.1. The highest BCUT2D eigenvalue weighted by molar-refractivity contribution is 6.19. The average Bonchev–Trinajstić information content (AvgIpc) is 3.27. The van der Waals surface area contributed by atoms with Gasteiger partial charge >= 0.3 is 5.97 Å². The molecule has 0 spiro atoms. The monoisotopic (exact) mass is 375 g/mol. The van der Waals surface area contributed by atoms with Gasteiger partial charge in [0.2, 0.25) is 0 Å². The van der Waals surface area contributed by atoms with Crippen LogP contribution in [0.1, 0.15) is 50.2 Å². The number of ketones is 1. The fourth-order valence-electron chi connectivity index (χ4n) is 4.57. The van der Waals surface area contributed by atoms with Crippen molar-refractivity contribution >= 4 is 29.2 Å². The number of esters is 1. The van der Waals surface area contributed by atoms with Crippen molar-refractivity contribution in [2.45, 2.75) is 45.1 Å². The quantitative estimate of drug-likeness (QED) is 0.319. The van der Waals surface area contributed by atoms with Crippen molar-refractivity contribution < 1.29 is 14.3 Å². The smallest absolute Gasteiger partial charge is 0.341 e. The minimum atomic E-state index is -0.555. The second-order valence-electron chi connectivity index (χ2n) is 7.46. The van der Waals surface area contributed by atoms with Gasteiger partial charge in [-0.25, -0.2) is 4.79 Å². The highest BCUT2D eigenvalue weighted by Crippen LogP contribution is 2.52. The van der Waals surface area contributed by atoms with Crippen LogP contribution < -0.4 is 4.90 Å². The van der Waals surface area contributed by atoms with E-state index in [1.165, 1.54) is 43.1 Å². The van der Waals surface area contributed by atoms with Gasteiger partial charge < -0.3 is 9.64 Å². The van der Waals surface area contributed by atoms with Gasteiger partial charge in [-0.15, -0.1) is 0 Å². The Kier molecular flexibility index (Phi) is 5.03. The molecule has 28 heavy (non-hydrogen) atoms. The molecular formula is C24H25NO3. The van der Waals surface area contributed by atoms with Gasteiger partial charge in [0, 0.05) is 23.3 Å². The van der Waals surface area contributed by atoms with E-state index in [1.807, 2.05) is 12.1 Å². The van der Waals surface area contributed by atoms with E-state index in [0.717, 1.165) is 5.56 Å². The number of para-hydroxylation sites is 1.